The highest BCUT2D eigenvalue weighted by Crippen LogP contribution is 2.31. The van der Waals surface area contributed by atoms with E-state index in [0.717, 1.165) is 13.8 Å². The van der Waals surface area contributed by atoms with Crippen molar-refractivity contribution in [2.75, 3.05) is 6.61 Å². The van der Waals surface area contributed by atoms with Gasteiger partial charge in [-0.25, -0.2) is 83.4 Å². The third kappa shape index (κ3) is 5.29. The first-order valence-corrected chi connectivity index (χ1v) is 16.6. The second kappa shape index (κ2) is 14.0. The Kier molecular flexibility index (Phi) is 10.9. The molecule has 0 atom stereocenters. The van der Waals surface area contributed by atoms with Crippen LogP contribution in [0.3, 0.4) is 0 Å². The van der Waals surface area contributed by atoms with Gasteiger partial charge in [0.2, 0.25) is 8.32 Å². The lowest BCUT2D eigenvalue weighted by molar-refractivity contribution is 0.327. The standard InChI is InChI=1S/C30H15BF19OSi/c1-4-51-52(5-2,6-3)30-28(49)17(38)10(18(39)29(30)50)31(7-11(32)19(40)25(46)20(41)12(7)33,8-13(34)21(42)26(47)22(43)14(8)35)9-15(36)23(44)27(48)24(45)16(9)37/h4-6H2,1-3H3/q-1. The Morgan fingerprint density at radius 3 is 0.712 bits per heavy atom. The van der Waals surface area contributed by atoms with Crippen molar-refractivity contribution in [3.8, 4) is 0 Å². The van der Waals surface area contributed by atoms with Crippen molar-refractivity contribution in [1.82, 2.24) is 0 Å². The molecule has 0 aliphatic rings. The average Bonchev–Trinajstić information content (AvgIpc) is 3.11. The van der Waals surface area contributed by atoms with Gasteiger partial charge in [0.25, 0.3) is 0 Å². The average molecular weight is 791 g/mol. The van der Waals surface area contributed by atoms with Gasteiger partial charge < -0.3 is 4.43 Å². The maximum absolute atomic E-state index is 16.6. The summed E-state index contributed by atoms with van der Waals surface area (Å²) in [4.78, 5) is 0. The fraction of sp³-hybridized carbons (Fsp3) is 0.200. The van der Waals surface area contributed by atoms with Gasteiger partial charge >= 0.3 is 0 Å². The third-order valence-electron chi connectivity index (χ3n) is 8.78. The predicted octanol–water partition coefficient (Wildman–Crippen LogP) is 6.94. The normalized spacial score (nSPS) is 12.3. The fourth-order valence-electron chi connectivity index (χ4n) is 6.46. The Labute approximate surface area is 279 Å². The van der Waals surface area contributed by atoms with Crippen LogP contribution in [0.5, 0.6) is 0 Å². The van der Waals surface area contributed by atoms with E-state index in [1.165, 1.54) is 6.92 Å². The van der Waals surface area contributed by atoms with Crippen molar-refractivity contribution < 1.29 is 87.8 Å². The molecule has 0 aliphatic carbocycles. The summed E-state index contributed by atoms with van der Waals surface area (Å²) in [7, 11) is -4.41. The van der Waals surface area contributed by atoms with Gasteiger partial charge in [0.05, 0.1) is 0 Å². The molecule has 4 rings (SSSR count). The van der Waals surface area contributed by atoms with E-state index in [0.29, 0.717) is 0 Å². The van der Waals surface area contributed by atoms with Crippen LogP contribution in [0.4, 0.5) is 83.4 Å². The van der Waals surface area contributed by atoms with Gasteiger partial charge in [0.1, 0.15) is 52.7 Å². The fourth-order valence-corrected chi connectivity index (χ4v) is 9.79. The monoisotopic (exact) mass is 791 g/mol. The summed E-state index contributed by atoms with van der Waals surface area (Å²) in [5.41, 5.74) is -13.7. The van der Waals surface area contributed by atoms with E-state index in [-0.39, 0.29) is 0 Å². The Morgan fingerprint density at radius 1 is 0.327 bits per heavy atom. The maximum atomic E-state index is 16.6. The molecule has 4 aromatic rings. The van der Waals surface area contributed by atoms with Crippen molar-refractivity contribution in [3.05, 3.63) is 111 Å². The summed E-state index contributed by atoms with van der Waals surface area (Å²) in [6, 6.07) is -1.01. The quantitative estimate of drug-likeness (QED) is 0.0774. The summed E-state index contributed by atoms with van der Waals surface area (Å²) < 4.78 is 298. The molecule has 4 aromatic carbocycles. The van der Waals surface area contributed by atoms with Gasteiger partial charge in [-0.2, -0.15) is 0 Å². The van der Waals surface area contributed by atoms with Crippen molar-refractivity contribution in [2.24, 2.45) is 0 Å². The molecule has 0 N–H and O–H groups in total. The molecule has 0 fully saturated rings. The second-order valence-electron chi connectivity index (χ2n) is 11.0. The highest BCUT2D eigenvalue weighted by molar-refractivity contribution is 7.20. The van der Waals surface area contributed by atoms with E-state index in [4.69, 9.17) is 4.43 Å². The van der Waals surface area contributed by atoms with E-state index >= 15 is 43.9 Å². The lowest BCUT2D eigenvalue weighted by atomic mass is 9.12. The van der Waals surface area contributed by atoms with Crippen LogP contribution in [0.15, 0.2) is 0 Å². The van der Waals surface area contributed by atoms with Gasteiger partial charge in [-0.1, -0.05) is 13.8 Å². The smallest absolute Gasteiger partial charge is 0.230 e. The summed E-state index contributed by atoms with van der Waals surface area (Å²) in [5, 5.41) is -1.73. The highest BCUT2D eigenvalue weighted by Gasteiger charge is 2.53. The number of hydrogen-bond donors (Lipinski definition) is 0. The topological polar surface area (TPSA) is 9.23 Å². The Morgan fingerprint density at radius 2 is 0.519 bits per heavy atom. The molecule has 0 bridgehead atoms. The summed E-state index contributed by atoms with van der Waals surface area (Å²) >= 11 is 0. The van der Waals surface area contributed by atoms with Crippen LogP contribution >= 0.6 is 0 Å². The number of benzene rings is 4. The number of halogens is 19. The van der Waals surface area contributed by atoms with E-state index in [9.17, 15) is 39.5 Å². The molecular weight excluding hydrogens is 776 g/mol. The van der Waals surface area contributed by atoms with Crippen LogP contribution in [-0.2, 0) is 4.43 Å². The second-order valence-corrected chi connectivity index (χ2v) is 15.2. The van der Waals surface area contributed by atoms with E-state index in [1.807, 2.05) is 0 Å². The van der Waals surface area contributed by atoms with Gasteiger partial charge in [-0.05, 0) is 19.0 Å². The largest absolute Gasteiger partial charge is 0.412 e. The third-order valence-corrected chi connectivity index (χ3v) is 13.3. The molecule has 0 aromatic heterocycles. The lowest BCUT2D eigenvalue weighted by Crippen LogP contribution is -2.81. The molecule has 0 saturated carbocycles. The van der Waals surface area contributed by atoms with Crippen LogP contribution in [0.1, 0.15) is 20.8 Å². The molecule has 22 heteroatoms. The van der Waals surface area contributed by atoms with E-state index in [2.05, 4.69) is 0 Å². The molecule has 0 amide bonds. The Hall–Kier alpha value is -4.21. The zero-order valence-electron chi connectivity index (χ0n) is 25.8. The van der Waals surface area contributed by atoms with Gasteiger partial charge in [0.15, 0.2) is 64.0 Å². The lowest BCUT2D eigenvalue weighted by Gasteiger charge is -2.45. The van der Waals surface area contributed by atoms with Crippen LogP contribution in [0.25, 0.3) is 0 Å². The molecule has 0 saturated heterocycles. The zero-order valence-corrected chi connectivity index (χ0v) is 26.8. The molecule has 0 radical (unpaired) electrons. The van der Waals surface area contributed by atoms with E-state index < -0.39 is 171 Å². The minimum absolute atomic E-state index is 0.467. The van der Waals surface area contributed by atoms with Crippen molar-refractivity contribution in [2.45, 2.75) is 32.9 Å². The highest BCUT2D eigenvalue weighted by atomic mass is 28.4. The van der Waals surface area contributed by atoms with Crippen LogP contribution in [-0.4, -0.2) is 21.1 Å². The SMILES string of the molecule is CCO[Si](CC)(CC)c1c(F)c(F)c([B-](c2c(F)c(F)c(F)c(F)c2F)(c2c(F)c(F)c(F)c(F)c2F)c2c(F)c(F)c(F)c(F)c2F)c(F)c1F. The van der Waals surface area contributed by atoms with Crippen molar-refractivity contribution in [3.63, 3.8) is 0 Å². The first-order valence-electron chi connectivity index (χ1n) is 14.3. The van der Waals surface area contributed by atoms with E-state index in [1.54, 1.807) is 0 Å². The number of rotatable bonds is 9. The predicted molar refractivity (Wildman–Crippen MR) is 147 cm³/mol. The zero-order chi connectivity index (χ0) is 39.7. The minimum Gasteiger partial charge on any atom is -0.412 e. The summed E-state index contributed by atoms with van der Waals surface area (Å²) in [6.45, 7) is 3.01. The molecule has 0 aliphatic heterocycles. The Balaban J connectivity index is 2.66. The van der Waals surface area contributed by atoms with Crippen molar-refractivity contribution >= 4 is 41.5 Å². The molecule has 0 spiro atoms. The van der Waals surface area contributed by atoms with Crippen LogP contribution in [0, 0.1) is 111 Å². The summed E-state index contributed by atoms with van der Waals surface area (Å²) in [6.07, 6.45) is -7.14. The molecule has 52 heavy (non-hydrogen) atoms. The maximum Gasteiger partial charge on any atom is 0.230 e. The number of hydrogen-bond acceptors (Lipinski definition) is 1. The van der Waals surface area contributed by atoms with Gasteiger partial charge in [0, 0.05) is 11.8 Å². The summed E-state index contributed by atoms with van der Waals surface area (Å²) in [5.74, 6) is -64.8. The Bertz CT molecular complexity index is 1870. The molecular formula is C30H15BF19OSi-. The molecule has 0 unspecified atom stereocenters. The van der Waals surface area contributed by atoms with Crippen LogP contribution in [0.2, 0.25) is 12.1 Å². The van der Waals surface area contributed by atoms with Crippen LogP contribution < -0.4 is 27.0 Å². The van der Waals surface area contributed by atoms with Crippen molar-refractivity contribution in [1.29, 1.82) is 0 Å². The first kappa shape index (κ1) is 40.6. The molecule has 282 valence electrons. The van der Waals surface area contributed by atoms with Gasteiger partial charge in [-0.15, -0.1) is 21.9 Å². The molecule has 0 heterocycles. The molecule has 1 nitrogen and oxygen atoms in total. The minimum atomic E-state index is -7.14. The first-order chi connectivity index (χ1) is 24.1. The van der Waals surface area contributed by atoms with Gasteiger partial charge in [-0.3, -0.25) is 0 Å².